The van der Waals surface area contributed by atoms with Gasteiger partial charge in [-0.3, -0.25) is 9.69 Å². The van der Waals surface area contributed by atoms with Gasteiger partial charge in [0.25, 0.3) is 0 Å². The summed E-state index contributed by atoms with van der Waals surface area (Å²) in [7, 11) is -3.92. The number of hydrogen-bond donors (Lipinski definition) is 1. The number of sulfonamides is 1. The zero-order chi connectivity index (χ0) is 18.2. The topological polar surface area (TPSA) is 96.0 Å². The first-order chi connectivity index (χ1) is 11.8. The molecule has 25 heavy (non-hydrogen) atoms. The normalized spacial score (nSPS) is 21.7. The van der Waals surface area contributed by atoms with Gasteiger partial charge in [0.05, 0.1) is 24.1 Å². The number of amides is 3. The first-order valence-corrected chi connectivity index (χ1v) is 9.31. The maximum Gasteiger partial charge on any atom is 0.324 e. The molecular formula is C15H18FN3O5S. The lowest BCUT2D eigenvalue weighted by atomic mass is 10.2. The van der Waals surface area contributed by atoms with E-state index >= 15 is 0 Å². The maximum absolute atomic E-state index is 14.0. The monoisotopic (exact) mass is 371 g/mol. The van der Waals surface area contributed by atoms with Gasteiger partial charge in [-0.15, -0.1) is 0 Å². The molecule has 8 nitrogen and oxygen atoms in total. The van der Waals surface area contributed by atoms with E-state index in [0.717, 1.165) is 15.3 Å². The predicted molar refractivity (Wildman–Crippen MR) is 85.0 cm³/mol. The quantitative estimate of drug-likeness (QED) is 0.762. The van der Waals surface area contributed by atoms with Crippen LogP contribution in [0.2, 0.25) is 0 Å². The lowest BCUT2D eigenvalue weighted by Gasteiger charge is -2.21. The van der Waals surface area contributed by atoms with Crippen molar-refractivity contribution in [1.29, 1.82) is 0 Å². The van der Waals surface area contributed by atoms with Gasteiger partial charge >= 0.3 is 6.03 Å². The molecule has 0 saturated carbocycles. The number of nitrogens with zero attached hydrogens (tertiary/aromatic N) is 2. The Morgan fingerprint density at radius 2 is 2.12 bits per heavy atom. The van der Waals surface area contributed by atoms with Gasteiger partial charge in [-0.05, 0) is 31.5 Å². The molecule has 0 spiro atoms. The number of rotatable bonds is 5. The van der Waals surface area contributed by atoms with Gasteiger partial charge < -0.3 is 10.1 Å². The van der Waals surface area contributed by atoms with Crippen LogP contribution in [0, 0.1) is 5.82 Å². The molecule has 2 aliphatic rings. The van der Waals surface area contributed by atoms with E-state index in [4.69, 9.17) is 4.74 Å². The number of nitrogens with one attached hydrogen (secondary N) is 1. The van der Waals surface area contributed by atoms with E-state index in [1.807, 2.05) is 0 Å². The van der Waals surface area contributed by atoms with Gasteiger partial charge in [-0.25, -0.2) is 17.6 Å². The molecule has 1 N–H and O–H groups in total. The Bertz CT molecular complexity index is 797. The zero-order valence-electron chi connectivity index (χ0n) is 13.6. The van der Waals surface area contributed by atoms with Crippen molar-refractivity contribution in [3.8, 4) is 5.75 Å². The third-order valence-electron chi connectivity index (χ3n) is 4.21. The Labute approximate surface area is 144 Å². The number of carbonyl (C=O) groups excluding carboxylic acids is 2. The van der Waals surface area contributed by atoms with Crippen LogP contribution in [0.1, 0.15) is 13.3 Å². The number of benzene rings is 1. The van der Waals surface area contributed by atoms with Crippen molar-refractivity contribution in [3.05, 3.63) is 24.0 Å². The molecule has 2 fully saturated rings. The second-order valence-corrected chi connectivity index (χ2v) is 7.69. The van der Waals surface area contributed by atoms with Gasteiger partial charge in [-0.1, -0.05) is 0 Å². The van der Waals surface area contributed by atoms with Crippen LogP contribution in [0.25, 0.3) is 0 Å². The third-order valence-corrected chi connectivity index (χ3v) is 6.07. The molecule has 0 aliphatic carbocycles. The van der Waals surface area contributed by atoms with Crippen LogP contribution in [0.5, 0.6) is 5.75 Å². The van der Waals surface area contributed by atoms with Gasteiger partial charge in [-0.2, -0.15) is 4.31 Å². The van der Waals surface area contributed by atoms with E-state index in [2.05, 4.69) is 5.32 Å². The van der Waals surface area contributed by atoms with Crippen LogP contribution in [-0.2, 0) is 14.8 Å². The minimum absolute atomic E-state index is 0.00365. The number of hydrogen-bond acceptors (Lipinski definition) is 5. The van der Waals surface area contributed by atoms with Crippen molar-refractivity contribution in [2.45, 2.75) is 24.3 Å². The molecule has 2 saturated heterocycles. The average molecular weight is 371 g/mol. The van der Waals surface area contributed by atoms with Crippen LogP contribution >= 0.6 is 0 Å². The van der Waals surface area contributed by atoms with E-state index in [9.17, 15) is 22.4 Å². The van der Waals surface area contributed by atoms with Crippen LogP contribution in [0.3, 0.4) is 0 Å². The highest BCUT2D eigenvalue weighted by molar-refractivity contribution is 7.89. The smallest absolute Gasteiger partial charge is 0.324 e. The van der Waals surface area contributed by atoms with Crippen LogP contribution in [0.4, 0.5) is 9.18 Å². The summed E-state index contributed by atoms with van der Waals surface area (Å²) in [6.45, 7) is 2.04. The molecule has 2 heterocycles. The highest BCUT2D eigenvalue weighted by atomic mass is 32.2. The Kier molecular flexibility index (Phi) is 4.65. The van der Waals surface area contributed by atoms with Crippen LogP contribution < -0.4 is 10.1 Å². The van der Waals surface area contributed by atoms with Crippen molar-refractivity contribution in [2.75, 3.05) is 26.2 Å². The molecule has 10 heteroatoms. The third kappa shape index (κ3) is 3.19. The molecule has 136 valence electrons. The highest BCUT2D eigenvalue weighted by Gasteiger charge is 2.41. The highest BCUT2D eigenvalue weighted by Crippen LogP contribution is 2.27. The first kappa shape index (κ1) is 17.6. The summed E-state index contributed by atoms with van der Waals surface area (Å²) < 4.78 is 45.6. The second-order valence-electron chi connectivity index (χ2n) is 5.75. The SMILES string of the molecule is CCOc1ccc(S(=O)(=O)N2CCC(N3C(=O)CNC3=O)C2)cc1F. The molecule has 3 amide bonds. The van der Waals surface area contributed by atoms with Gasteiger partial charge in [0.1, 0.15) is 0 Å². The minimum atomic E-state index is -3.92. The molecular weight excluding hydrogens is 353 g/mol. The number of ether oxygens (including phenoxy) is 1. The van der Waals surface area contributed by atoms with E-state index in [-0.39, 0.29) is 42.8 Å². The molecule has 1 unspecified atom stereocenters. The Morgan fingerprint density at radius 1 is 1.36 bits per heavy atom. The van der Waals surface area contributed by atoms with E-state index in [1.165, 1.54) is 12.1 Å². The minimum Gasteiger partial charge on any atom is -0.491 e. The van der Waals surface area contributed by atoms with Crippen molar-refractivity contribution >= 4 is 22.0 Å². The summed E-state index contributed by atoms with van der Waals surface area (Å²) in [6, 6.07) is 2.45. The number of urea groups is 1. The van der Waals surface area contributed by atoms with Crippen LogP contribution in [-0.4, -0.2) is 61.8 Å². The van der Waals surface area contributed by atoms with E-state index in [1.54, 1.807) is 6.92 Å². The number of carbonyl (C=O) groups is 2. The molecule has 1 aromatic carbocycles. The Morgan fingerprint density at radius 3 is 2.72 bits per heavy atom. The van der Waals surface area contributed by atoms with Gasteiger partial charge in [0.15, 0.2) is 11.6 Å². The molecule has 2 aliphatic heterocycles. The first-order valence-electron chi connectivity index (χ1n) is 7.87. The summed E-state index contributed by atoms with van der Waals surface area (Å²) in [5.41, 5.74) is 0. The van der Waals surface area contributed by atoms with Crippen molar-refractivity contribution in [3.63, 3.8) is 0 Å². The standard InChI is InChI=1S/C15H18FN3O5S/c1-2-24-13-4-3-11(7-12(13)16)25(22,23)18-6-5-10(9-18)19-14(20)8-17-15(19)21/h3-4,7,10H,2,5-6,8-9H2,1H3,(H,17,21). The fourth-order valence-corrected chi connectivity index (χ4v) is 4.51. The lowest BCUT2D eigenvalue weighted by Crippen LogP contribution is -2.42. The average Bonchev–Trinajstić information content (AvgIpc) is 3.16. The number of halogens is 1. The summed E-state index contributed by atoms with van der Waals surface area (Å²) in [4.78, 5) is 24.3. The summed E-state index contributed by atoms with van der Waals surface area (Å²) in [5, 5.41) is 2.41. The van der Waals surface area contributed by atoms with E-state index in [0.29, 0.717) is 6.42 Å². The molecule has 1 atom stereocenters. The largest absolute Gasteiger partial charge is 0.491 e. The van der Waals surface area contributed by atoms with E-state index < -0.39 is 27.9 Å². The maximum atomic E-state index is 14.0. The summed E-state index contributed by atoms with van der Waals surface area (Å²) >= 11 is 0. The van der Waals surface area contributed by atoms with Crippen molar-refractivity contribution in [2.24, 2.45) is 0 Å². The molecule has 3 rings (SSSR count). The summed E-state index contributed by atoms with van der Waals surface area (Å²) in [5.74, 6) is -1.14. The second kappa shape index (κ2) is 6.60. The predicted octanol–water partition coefficient (Wildman–Crippen LogP) is 0.539. The summed E-state index contributed by atoms with van der Waals surface area (Å²) in [6.07, 6.45) is 0.345. The fourth-order valence-electron chi connectivity index (χ4n) is 3.01. The molecule has 0 bridgehead atoms. The molecule has 1 aromatic rings. The Hall–Kier alpha value is -2.20. The lowest BCUT2D eigenvalue weighted by molar-refractivity contribution is -0.126. The zero-order valence-corrected chi connectivity index (χ0v) is 14.4. The molecule has 0 radical (unpaired) electrons. The molecule has 0 aromatic heterocycles. The van der Waals surface area contributed by atoms with Crippen molar-refractivity contribution in [1.82, 2.24) is 14.5 Å². The Balaban J connectivity index is 1.78. The number of imide groups is 1. The fraction of sp³-hybridized carbons (Fsp3) is 0.467. The van der Waals surface area contributed by atoms with Gasteiger partial charge in [0.2, 0.25) is 15.9 Å². The van der Waals surface area contributed by atoms with Crippen LogP contribution in [0.15, 0.2) is 23.1 Å². The van der Waals surface area contributed by atoms with Crippen molar-refractivity contribution < 1.29 is 27.1 Å². The van der Waals surface area contributed by atoms with Gasteiger partial charge in [0, 0.05) is 13.1 Å².